The number of nitrogens with one attached hydrogen (secondary N) is 1. The van der Waals surface area contributed by atoms with E-state index in [1.165, 1.54) is 0 Å². The van der Waals surface area contributed by atoms with E-state index in [4.69, 9.17) is 19.8 Å². The van der Waals surface area contributed by atoms with Crippen LogP contribution in [0.1, 0.15) is 15.4 Å². The third-order valence-corrected chi connectivity index (χ3v) is 3.79. The fourth-order valence-corrected chi connectivity index (χ4v) is 2.68. The summed E-state index contributed by atoms with van der Waals surface area (Å²) in [5.41, 5.74) is 2.27. The molecule has 0 aliphatic heterocycles. The number of pyridine rings is 1. The molecule has 3 aromatic rings. The first kappa shape index (κ1) is 18.0. The summed E-state index contributed by atoms with van der Waals surface area (Å²) >= 11 is 1.61. The van der Waals surface area contributed by atoms with E-state index in [0.717, 1.165) is 20.9 Å². The molecular weight excluding hydrogens is 346 g/mol. The molecule has 0 bridgehead atoms. The van der Waals surface area contributed by atoms with Crippen molar-refractivity contribution in [2.75, 3.05) is 5.32 Å². The van der Waals surface area contributed by atoms with E-state index >= 15 is 0 Å². The van der Waals surface area contributed by atoms with Gasteiger partial charge < -0.3 is 15.5 Å². The van der Waals surface area contributed by atoms with Crippen LogP contribution < -0.4 is 5.32 Å². The van der Waals surface area contributed by atoms with Crippen LogP contribution in [0.15, 0.2) is 42.7 Å². The van der Waals surface area contributed by atoms with E-state index in [0.29, 0.717) is 5.56 Å². The maximum absolute atomic E-state index is 12.0. The molecule has 0 radical (unpaired) electrons. The SMILES string of the molecule is Cc1nc2ccc(NC(=O)c3cccnc3)cc2s1.O=C(O)C(=O)O. The summed E-state index contributed by atoms with van der Waals surface area (Å²) in [5, 5.41) is 18.7. The fraction of sp³-hybridized carbons (Fsp3) is 0.0625. The number of carboxylic acids is 2. The number of amides is 1. The number of hydrogen-bond acceptors (Lipinski definition) is 6. The number of fused-ring (bicyclic) bond motifs is 1. The normalized spacial score (nSPS) is 9.80. The number of aliphatic carboxylic acids is 2. The quantitative estimate of drug-likeness (QED) is 0.599. The summed E-state index contributed by atoms with van der Waals surface area (Å²) in [5.74, 6) is -3.81. The molecule has 128 valence electrons. The minimum Gasteiger partial charge on any atom is -0.473 e. The van der Waals surface area contributed by atoms with Crippen LogP contribution in [-0.4, -0.2) is 38.0 Å². The highest BCUT2D eigenvalue weighted by molar-refractivity contribution is 7.18. The summed E-state index contributed by atoms with van der Waals surface area (Å²) in [6, 6.07) is 9.18. The third-order valence-electron chi connectivity index (χ3n) is 2.86. The van der Waals surface area contributed by atoms with E-state index in [2.05, 4.69) is 15.3 Å². The van der Waals surface area contributed by atoms with Gasteiger partial charge in [-0.15, -0.1) is 11.3 Å². The molecule has 0 aliphatic rings. The van der Waals surface area contributed by atoms with Gasteiger partial charge in [0.2, 0.25) is 0 Å². The molecule has 8 nitrogen and oxygen atoms in total. The van der Waals surface area contributed by atoms with Crippen LogP contribution >= 0.6 is 11.3 Å². The van der Waals surface area contributed by atoms with Crippen LogP contribution in [0.3, 0.4) is 0 Å². The minimum absolute atomic E-state index is 0.159. The molecule has 0 atom stereocenters. The van der Waals surface area contributed by atoms with Crippen LogP contribution in [0.25, 0.3) is 10.2 Å². The Morgan fingerprint density at radius 3 is 2.44 bits per heavy atom. The first-order chi connectivity index (χ1) is 11.9. The van der Waals surface area contributed by atoms with E-state index < -0.39 is 11.9 Å². The average Bonchev–Trinajstić information content (AvgIpc) is 2.95. The van der Waals surface area contributed by atoms with Gasteiger partial charge in [-0.3, -0.25) is 9.78 Å². The number of aryl methyl sites for hydroxylation is 1. The van der Waals surface area contributed by atoms with Crippen molar-refractivity contribution < 1.29 is 24.6 Å². The Hall–Kier alpha value is -3.33. The first-order valence-electron chi connectivity index (χ1n) is 6.91. The van der Waals surface area contributed by atoms with Gasteiger partial charge in [0, 0.05) is 18.1 Å². The number of carbonyl (C=O) groups excluding carboxylic acids is 1. The number of carboxylic acid groups (broad SMARTS) is 2. The lowest BCUT2D eigenvalue weighted by atomic mass is 10.2. The largest absolute Gasteiger partial charge is 0.473 e. The Morgan fingerprint density at radius 1 is 1.12 bits per heavy atom. The van der Waals surface area contributed by atoms with Gasteiger partial charge in [-0.1, -0.05) is 0 Å². The van der Waals surface area contributed by atoms with Crippen molar-refractivity contribution >= 4 is 45.1 Å². The predicted octanol–water partition coefficient (Wildman–Crippen LogP) is 2.41. The highest BCUT2D eigenvalue weighted by atomic mass is 32.1. The molecule has 1 aromatic carbocycles. The molecular formula is C16H13N3O5S. The van der Waals surface area contributed by atoms with Crippen molar-refractivity contribution in [2.45, 2.75) is 6.92 Å². The lowest BCUT2D eigenvalue weighted by Gasteiger charge is -2.04. The smallest absolute Gasteiger partial charge is 0.414 e. The minimum atomic E-state index is -1.82. The summed E-state index contributed by atoms with van der Waals surface area (Å²) < 4.78 is 1.07. The summed E-state index contributed by atoms with van der Waals surface area (Å²) in [6.45, 7) is 1.97. The van der Waals surface area contributed by atoms with Gasteiger partial charge in [-0.25, -0.2) is 14.6 Å². The van der Waals surface area contributed by atoms with Crippen LogP contribution in [0.4, 0.5) is 5.69 Å². The number of carbonyl (C=O) groups is 3. The van der Waals surface area contributed by atoms with Gasteiger partial charge in [0.15, 0.2) is 0 Å². The molecule has 3 N–H and O–H groups in total. The molecule has 0 unspecified atom stereocenters. The molecule has 1 amide bonds. The zero-order valence-corrected chi connectivity index (χ0v) is 13.8. The second kappa shape index (κ2) is 7.97. The van der Waals surface area contributed by atoms with Crippen LogP contribution in [-0.2, 0) is 9.59 Å². The molecule has 9 heteroatoms. The van der Waals surface area contributed by atoms with Crippen molar-refractivity contribution in [3.05, 3.63) is 53.3 Å². The number of anilines is 1. The number of hydrogen-bond donors (Lipinski definition) is 3. The number of benzene rings is 1. The molecule has 25 heavy (non-hydrogen) atoms. The van der Waals surface area contributed by atoms with Gasteiger partial charge in [0.1, 0.15) is 0 Å². The van der Waals surface area contributed by atoms with Crippen molar-refractivity contribution in [3.8, 4) is 0 Å². The lowest BCUT2D eigenvalue weighted by Crippen LogP contribution is -2.11. The monoisotopic (exact) mass is 359 g/mol. The number of nitrogens with zero attached hydrogens (tertiary/aromatic N) is 2. The van der Waals surface area contributed by atoms with Crippen molar-refractivity contribution in [3.63, 3.8) is 0 Å². The fourth-order valence-electron chi connectivity index (χ4n) is 1.82. The molecule has 0 saturated carbocycles. The molecule has 0 spiro atoms. The molecule has 2 aromatic heterocycles. The molecule has 3 rings (SSSR count). The highest BCUT2D eigenvalue weighted by Gasteiger charge is 2.07. The van der Waals surface area contributed by atoms with Crippen molar-refractivity contribution in [2.24, 2.45) is 0 Å². The van der Waals surface area contributed by atoms with E-state index in [9.17, 15) is 4.79 Å². The van der Waals surface area contributed by atoms with Crippen LogP contribution in [0.5, 0.6) is 0 Å². The summed E-state index contributed by atoms with van der Waals surface area (Å²) in [6.07, 6.45) is 3.19. The zero-order valence-electron chi connectivity index (χ0n) is 13.0. The standard InChI is InChI=1S/C14H11N3OS.C2H2O4/c1-9-16-12-5-4-11(7-13(12)19-9)17-14(18)10-3-2-6-15-8-10;3-1(4)2(5)6/h2-8H,1H3,(H,17,18);(H,3,4)(H,5,6). The van der Waals surface area contributed by atoms with Gasteiger partial charge in [-0.2, -0.15) is 0 Å². The Morgan fingerprint density at radius 2 is 1.84 bits per heavy atom. The van der Waals surface area contributed by atoms with Crippen LogP contribution in [0.2, 0.25) is 0 Å². The topological polar surface area (TPSA) is 129 Å². The summed E-state index contributed by atoms with van der Waals surface area (Å²) in [7, 11) is 0. The van der Waals surface area contributed by atoms with E-state index in [1.54, 1.807) is 35.9 Å². The lowest BCUT2D eigenvalue weighted by molar-refractivity contribution is -0.159. The second-order valence-corrected chi connectivity index (χ2v) is 5.96. The first-order valence-corrected chi connectivity index (χ1v) is 7.73. The Labute approximate surface area is 145 Å². The van der Waals surface area contributed by atoms with Gasteiger partial charge in [0.25, 0.3) is 5.91 Å². The van der Waals surface area contributed by atoms with Gasteiger partial charge >= 0.3 is 11.9 Å². The predicted molar refractivity (Wildman–Crippen MR) is 91.8 cm³/mol. The maximum atomic E-state index is 12.0. The molecule has 0 aliphatic carbocycles. The molecule has 0 fully saturated rings. The molecule has 0 saturated heterocycles. The summed E-state index contributed by atoms with van der Waals surface area (Å²) in [4.78, 5) is 38.5. The second-order valence-electron chi connectivity index (χ2n) is 4.72. The Bertz CT molecular complexity index is 912. The highest BCUT2D eigenvalue weighted by Crippen LogP contribution is 2.24. The number of aromatic nitrogens is 2. The van der Waals surface area contributed by atoms with Gasteiger partial charge in [-0.05, 0) is 37.3 Å². The van der Waals surface area contributed by atoms with Crippen molar-refractivity contribution in [1.82, 2.24) is 9.97 Å². The van der Waals surface area contributed by atoms with Crippen molar-refractivity contribution in [1.29, 1.82) is 0 Å². The van der Waals surface area contributed by atoms with E-state index in [1.807, 2.05) is 25.1 Å². The average molecular weight is 359 g/mol. The van der Waals surface area contributed by atoms with E-state index in [-0.39, 0.29) is 5.91 Å². The number of thiazole rings is 1. The zero-order chi connectivity index (χ0) is 18.4. The van der Waals surface area contributed by atoms with Gasteiger partial charge in [0.05, 0.1) is 20.8 Å². The Balaban J connectivity index is 0.000000326. The third kappa shape index (κ3) is 5.08. The maximum Gasteiger partial charge on any atom is 0.414 e. The number of rotatable bonds is 2. The van der Waals surface area contributed by atoms with Crippen LogP contribution in [0, 0.1) is 6.92 Å². The Kier molecular flexibility index (Phi) is 5.75. The molecule has 2 heterocycles.